The summed E-state index contributed by atoms with van der Waals surface area (Å²) in [5, 5.41) is 22.1. The van der Waals surface area contributed by atoms with Crippen molar-refractivity contribution >= 4 is 35.1 Å². The maximum absolute atomic E-state index is 12.9. The number of methoxy groups -OCH3 is 1. The molecule has 1 heterocycles. The van der Waals surface area contributed by atoms with Crippen LogP contribution in [0, 0.1) is 5.82 Å². The Morgan fingerprint density at radius 2 is 1.90 bits per heavy atom. The minimum absolute atomic E-state index is 0.0625. The third-order valence-corrected chi connectivity index (χ3v) is 4.59. The summed E-state index contributed by atoms with van der Waals surface area (Å²) in [4.78, 5) is 21.7. The van der Waals surface area contributed by atoms with E-state index in [2.05, 4.69) is 20.8 Å². The Bertz CT molecular complexity index is 1100. The van der Waals surface area contributed by atoms with Gasteiger partial charge in [-0.3, -0.25) is 5.10 Å². The summed E-state index contributed by atoms with van der Waals surface area (Å²) in [5.74, 6) is -1.12. The number of H-pyrrole nitrogens is 1. The Morgan fingerprint density at radius 1 is 1.19 bits per heavy atom. The van der Waals surface area contributed by atoms with E-state index in [9.17, 15) is 19.1 Å². The molecule has 4 rings (SSSR count). The maximum Gasteiger partial charge on any atom is 0.339 e. The van der Waals surface area contributed by atoms with Crippen LogP contribution in [0.5, 0.6) is 5.75 Å². The zero-order valence-electron chi connectivity index (χ0n) is 17.1. The normalized spacial score (nSPS) is 12.9. The second kappa shape index (κ2) is 9.75. The predicted molar refractivity (Wildman–Crippen MR) is 116 cm³/mol. The quantitative estimate of drug-likeness (QED) is 0.497. The molecule has 0 saturated heterocycles. The molecule has 2 aromatic carbocycles. The summed E-state index contributed by atoms with van der Waals surface area (Å²) < 4.78 is 18.2. The Hall–Kier alpha value is -3.88. The Kier molecular flexibility index (Phi) is 6.86. The number of urea groups is 1. The largest absolute Gasteiger partial charge is 0.495 e. The highest BCUT2D eigenvalue weighted by Crippen LogP contribution is 2.32. The number of rotatable bonds is 5. The van der Waals surface area contributed by atoms with Gasteiger partial charge in [-0.05, 0) is 48.7 Å². The highest BCUT2D eigenvalue weighted by Gasteiger charge is 2.22. The first kappa shape index (κ1) is 21.8. The Morgan fingerprint density at radius 3 is 2.48 bits per heavy atom. The van der Waals surface area contributed by atoms with Gasteiger partial charge in [0.25, 0.3) is 0 Å². The molecule has 0 aliphatic heterocycles. The van der Waals surface area contributed by atoms with Crippen LogP contribution in [0.25, 0.3) is 23.1 Å². The number of amides is 2. The third-order valence-electron chi connectivity index (χ3n) is 4.59. The molecular weight excluding hydrogens is 403 g/mol. The summed E-state index contributed by atoms with van der Waals surface area (Å²) in [6.07, 6.45) is 5.78. The summed E-state index contributed by atoms with van der Waals surface area (Å²) in [6, 6.07) is 9.53. The van der Waals surface area contributed by atoms with E-state index in [0.29, 0.717) is 22.6 Å². The molecule has 1 saturated carbocycles. The Labute approximate surface area is 178 Å². The molecule has 1 aliphatic carbocycles. The van der Waals surface area contributed by atoms with Crippen molar-refractivity contribution in [1.82, 2.24) is 20.8 Å². The van der Waals surface area contributed by atoms with E-state index in [1.807, 2.05) is 0 Å². The molecule has 31 heavy (non-hydrogen) atoms. The number of carboxylic acids is 1. The van der Waals surface area contributed by atoms with Crippen LogP contribution in [0.2, 0.25) is 0 Å². The molecule has 4 N–H and O–H groups in total. The fraction of sp³-hybridized carbons (Fsp3) is 0.227. The predicted octanol–water partition coefficient (Wildman–Crippen LogP) is 3.66. The molecule has 162 valence electrons. The number of fused-ring (bicyclic) bond motifs is 1. The van der Waals surface area contributed by atoms with Gasteiger partial charge in [-0.1, -0.05) is 18.2 Å². The number of carboxylic acid groups (broad SMARTS) is 1. The number of aromatic amines is 1. The molecule has 0 spiro atoms. The van der Waals surface area contributed by atoms with E-state index in [0.717, 1.165) is 18.4 Å². The number of carbonyl (C=O) groups excluding carboxylic acids is 1. The van der Waals surface area contributed by atoms with E-state index >= 15 is 0 Å². The number of carbonyl (C=O) groups is 2. The highest BCUT2D eigenvalue weighted by molar-refractivity contribution is 6.02. The van der Waals surface area contributed by atoms with Gasteiger partial charge < -0.3 is 20.5 Å². The lowest BCUT2D eigenvalue weighted by Gasteiger charge is -2.06. The van der Waals surface area contributed by atoms with Crippen LogP contribution < -0.4 is 15.4 Å². The van der Waals surface area contributed by atoms with Gasteiger partial charge in [0.05, 0.1) is 23.7 Å². The number of hydrogen-bond acceptors (Lipinski definition) is 4. The van der Waals surface area contributed by atoms with Crippen molar-refractivity contribution in [3.05, 3.63) is 59.0 Å². The molecule has 0 atom stereocenters. The van der Waals surface area contributed by atoms with E-state index in [-0.39, 0.29) is 23.2 Å². The number of aromatic carboxylic acids is 1. The molecule has 0 unspecified atom stereocenters. The smallest absolute Gasteiger partial charge is 0.339 e. The average molecular weight is 426 g/mol. The van der Waals surface area contributed by atoms with Crippen molar-refractivity contribution in [1.29, 1.82) is 0 Å². The first-order valence-electron chi connectivity index (χ1n) is 9.63. The lowest BCUT2D eigenvalue weighted by atomic mass is 10.1. The fourth-order valence-electron chi connectivity index (χ4n) is 2.84. The van der Waals surface area contributed by atoms with E-state index in [1.165, 1.54) is 25.3 Å². The SMILES string of the molecule is CNC(=O)NC1CC1.COc1c(C(=O)O)ccc2[nH]nc(/C=C/c3ccc(F)cc3)c12. The van der Waals surface area contributed by atoms with Gasteiger partial charge in [-0.15, -0.1) is 0 Å². The number of aromatic nitrogens is 2. The van der Waals surface area contributed by atoms with Crippen molar-refractivity contribution in [3.63, 3.8) is 0 Å². The number of ether oxygens (including phenoxy) is 1. The van der Waals surface area contributed by atoms with Gasteiger partial charge in [-0.2, -0.15) is 5.10 Å². The first-order valence-corrected chi connectivity index (χ1v) is 9.63. The molecular formula is C22H23FN4O4. The van der Waals surface area contributed by atoms with Crippen LogP contribution in [-0.2, 0) is 0 Å². The molecule has 0 radical (unpaired) electrons. The topological polar surface area (TPSA) is 116 Å². The number of hydrogen-bond donors (Lipinski definition) is 4. The van der Waals surface area contributed by atoms with Gasteiger partial charge in [0.15, 0.2) is 0 Å². The van der Waals surface area contributed by atoms with Crippen molar-refractivity contribution < 1.29 is 23.8 Å². The zero-order valence-corrected chi connectivity index (χ0v) is 17.1. The van der Waals surface area contributed by atoms with Crippen LogP contribution in [0.15, 0.2) is 36.4 Å². The average Bonchev–Trinajstić information content (AvgIpc) is 3.49. The molecule has 0 bridgehead atoms. The molecule has 1 aromatic heterocycles. The van der Waals surface area contributed by atoms with E-state index < -0.39 is 5.97 Å². The monoisotopic (exact) mass is 426 g/mol. The second-order valence-corrected chi connectivity index (χ2v) is 6.87. The molecule has 9 heteroatoms. The fourth-order valence-corrected chi connectivity index (χ4v) is 2.84. The lowest BCUT2D eigenvalue weighted by Crippen LogP contribution is -2.34. The molecule has 8 nitrogen and oxygen atoms in total. The van der Waals surface area contributed by atoms with Crippen molar-refractivity contribution in [3.8, 4) is 5.75 Å². The van der Waals surface area contributed by atoms with Gasteiger partial charge >= 0.3 is 12.0 Å². The third kappa shape index (κ3) is 5.59. The summed E-state index contributed by atoms with van der Waals surface area (Å²) in [5.41, 5.74) is 2.09. The first-order chi connectivity index (χ1) is 14.9. The molecule has 3 aromatic rings. The minimum atomic E-state index is -1.07. The molecule has 1 fully saturated rings. The second-order valence-electron chi connectivity index (χ2n) is 6.87. The van der Waals surface area contributed by atoms with Crippen molar-refractivity contribution in [2.24, 2.45) is 0 Å². The Balaban J connectivity index is 0.000000287. The summed E-state index contributed by atoms with van der Waals surface area (Å²) in [7, 11) is 3.04. The zero-order chi connectivity index (χ0) is 22.4. The maximum atomic E-state index is 12.9. The number of nitrogens with one attached hydrogen (secondary N) is 3. The van der Waals surface area contributed by atoms with Crippen molar-refractivity contribution in [2.45, 2.75) is 18.9 Å². The van der Waals surface area contributed by atoms with Crippen LogP contribution in [0.1, 0.15) is 34.5 Å². The lowest BCUT2D eigenvalue weighted by molar-refractivity contribution is 0.0693. The van der Waals surface area contributed by atoms with Gasteiger partial charge in [-0.25, -0.2) is 14.0 Å². The standard InChI is InChI=1S/C17H13FN2O3.C5H10N2O/c1-23-16-12(17(21)22)7-9-14-15(16)13(19-20-14)8-4-10-2-5-11(18)6-3-10;1-6-5(8)7-4-2-3-4/h2-9H,1H3,(H,19,20)(H,21,22);4H,2-3H2,1H3,(H2,6,7,8)/b8-4+;. The van der Waals surface area contributed by atoms with Crippen molar-refractivity contribution in [2.75, 3.05) is 14.2 Å². The number of benzene rings is 2. The highest BCUT2D eigenvalue weighted by atomic mass is 19.1. The summed E-state index contributed by atoms with van der Waals surface area (Å²) >= 11 is 0. The molecule has 2 amide bonds. The van der Waals surface area contributed by atoms with E-state index in [4.69, 9.17) is 4.74 Å². The number of halogens is 1. The van der Waals surface area contributed by atoms with Crippen LogP contribution in [0.4, 0.5) is 9.18 Å². The summed E-state index contributed by atoms with van der Waals surface area (Å²) in [6.45, 7) is 0. The van der Waals surface area contributed by atoms with Crippen LogP contribution in [0.3, 0.4) is 0 Å². The van der Waals surface area contributed by atoms with Crippen LogP contribution in [-0.4, -0.2) is 47.5 Å². The number of nitrogens with zero attached hydrogens (tertiary/aromatic N) is 1. The van der Waals surface area contributed by atoms with Gasteiger partial charge in [0.1, 0.15) is 17.1 Å². The van der Waals surface area contributed by atoms with Gasteiger partial charge in [0.2, 0.25) is 0 Å². The van der Waals surface area contributed by atoms with Crippen LogP contribution >= 0.6 is 0 Å². The van der Waals surface area contributed by atoms with Gasteiger partial charge in [0, 0.05) is 13.1 Å². The minimum Gasteiger partial charge on any atom is -0.495 e. The van der Waals surface area contributed by atoms with E-state index in [1.54, 1.807) is 37.4 Å². The molecule has 1 aliphatic rings.